The molecule has 3 rings (SSSR count). The summed E-state index contributed by atoms with van der Waals surface area (Å²) in [5.74, 6) is -1.57. The van der Waals surface area contributed by atoms with Crippen molar-refractivity contribution in [3.63, 3.8) is 0 Å². The van der Waals surface area contributed by atoms with Gasteiger partial charge in [0.2, 0.25) is 5.91 Å². The van der Waals surface area contributed by atoms with Crippen molar-refractivity contribution in [2.24, 2.45) is 5.10 Å². The SMILES string of the molecule is COCCN1CCCN(C(=O)C2=NN(c3ccccc3)C(C(=O)O)C2)CC1=O. The number of rotatable bonds is 6. The lowest BCUT2D eigenvalue weighted by Crippen LogP contribution is -2.43. The second-order valence-corrected chi connectivity index (χ2v) is 6.74. The molecule has 1 saturated heterocycles. The van der Waals surface area contributed by atoms with Crippen LogP contribution in [-0.4, -0.2) is 84.3 Å². The maximum atomic E-state index is 12.9. The number of methoxy groups -OCH3 is 1. The first kappa shape index (κ1) is 19.8. The number of carboxylic acid groups (broad SMARTS) is 1. The van der Waals surface area contributed by atoms with E-state index in [1.807, 2.05) is 6.07 Å². The Labute approximate surface area is 163 Å². The number of hydrogen-bond acceptors (Lipinski definition) is 6. The van der Waals surface area contributed by atoms with Crippen molar-refractivity contribution in [2.75, 3.05) is 44.9 Å². The van der Waals surface area contributed by atoms with Crippen molar-refractivity contribution in [2.45, 2.75) is 18.9 Å². The summed E-state index contributed by atoms with van der Waals surface area (Å²) < 4.78 is 5.02. The molecule has 150 valence electrons. The molecule has 2 aliphatic heterocycles. The van der Waals surface area contributed by atoms with Crippen LogP contribution >= 0.6 is 0 Å². The van der Waals surface area contributed by atoms with Crippen LogP contribution in [0.1, 0.15) is 12.8 Å². The van der Waals surface area contributed by atoms with Crippen LogP contribution in [0, 0.1) is 0 Å². The summed E-state index contributed by atoms with van der Waals surface area (Å²) in [6, 6.07) is 7.94. The van der Waals surface area contributed by atoms with E-state index in [0.717, 1.165) is 0 Å². The van der Waals surface area contributed by atoms with E-state index in [0.29, 0.717) is 38.3 Å². The Morgan fingerprint density at radius 2 is 2.00 bits per heavy atom. The van der Waals surface area contributed by atoms with E-state index in [2.05, 4.69) is 5.10 Å². The van der Waals surface area contributed by atoms with Gasteiger partial charge in [-0.15, -0.1) is 0 Å². The first-order chi connectivity index (χ1) is 13.5. The highest BCUT2D eigenvalue weighted by Crippen LogP contribution is 2.25. The Morgan fingerprint density at radius 1 is 1.25 bits per heavy atom. The monoisotopic (exact) mass is 388 g/mol. The van der Waals surface area contributed by atoms with Gasteiger partial charge in [-0.3, -0.25) is 14.6 Å². The number of aliphatic carboxylic acids is 1. The average Bonchev–Trinajstić information content (AvgIpc) is 3.07. The van der Waals surface area contributed by atoms with Crippen LogP contribution in [0.25, 0.3) is 0 Å². The molecule has 2 aliphatic rings. The van der Waals surface area contributed by atoms with Crippen LogP contribution in [0.4, 0.5) is 5.69 Å². The number of ether oxygens (including phenoxy) is 1. The molecule has 1 unspecified atom stereocenters. The van der Waals surface area contributed by atoms with Gasteiger partial charge in [0.25, 0.3) is 5.91 Å². The third kappa shape index (κ3) is 4.30. The molecule has 0 aromatic heterocycles. The predicted octanol–water partition coefficient (Wildman–Crippen LogP) is 0.413. The van der Waals surface area contributed by atoms with Crippen molar-refractivity contribution >= 4 is 29.2 Å². The summed E-state index contributed by atoms with van der Waals surface area (Å²) >= 11 is 0. The number of nitrogens with zero attached hydrogens (tertiary/aromatic N) is 4. The topological polar surface area (TPSA) is 103 Å². The van der Waals surface area contributed by atoms with Gasteiger partial charge in [0.1, 0.15) is 12.3 Å². The summed E-state index contributed by atoms with van der Waals surface area (Å²) in [6.45, 7) is 1.88. The number of carboxylic acids is 1. The van der Waals surface area contributed by atoms with E-state index in [9.17, 15) is 19.5 Å². The van der Waals surface area contributed by atoms with Crippen LogP contribution in [0.5, 0.6) is 0 Å². The molecule has 1 fully saturated rings. The first-order valence-electron chi connectivity index (χ1n) is 9.22. The lowest BCUT2D eigenvalue weighted by atomic mass is 10.1. The third-order valence-electron chi connectivity index (χ3n) is 4.85. The van der Waals surface area contributed by atoms with Gasteiger partial charge < -0.3 is 19.6 Å². The molecule has 0 radical (unpaired) electrons. The summed E-state index contributed by atoms with van der Waals surface area (Å²) in [4.78, 5) is 40.2. The number of carbonyl (C=O) groups is 3. The Balaban J connectivity index is 1.74. The highest BCUT2D eigenvalue weighted by molar-refractivity contribution is 6.40. The molecule has 28 heavy (non-hydrogen) atoms. The van der Waals surface area contributed by atoms with Crippen LogP contribution in [0.3, 0.4) is 0 Å². The maximum Gasteiger partial charge on any atom is 0.328 e. The van der Waals surface area contributed by atoms with Crippen LogP contribution in [0.2, 0.25) is 0 Å². The van der Waals surface area contributed by atoms with Gasteiger partial charge in [-0.05, 0) is 18.6 Å². The quantitative estimate of drug-likeness (QED) is 0.757. The normalized spacial score (nSPS) is 20.2. The van der Waals surface area contributed by atoms with Crippen molar-refractivity contribution < 1.29 is 24.2 Å². The Kier molecular flexibility index (Phi) is 6.25. The summed E-state index contributed by atoms with van der Waals surface area (Å²) in [5, 5.41) is 15.2. The highest BCUT2D eigenvalue weighted by atomic mass is 16.5. The molecule has 2 heterocycles. The van der Waals surface area contributed by atoms with E-state index < -0.39 is 12.0 Å². The highest BCUT2D eigenvalue weighted by Gasteiger charge is 2.38. The second kappa shape index (κ2) is 8.83. The van der Waals surface area contributed by atoms with Crippen molar-refractivity contribution in [3.05, 3.63) is 30.3 Å². The number of amides is 2. The standard InChI is InChI=1S/C19H24N4O5/c1-28-11-10-21-8-5-9-22(13-17(21)24)18(25)15-12-16(19(26)27)23(20-15)14-6-3-2-4-7-14/h2-4,6-7,16H,5,8-13H2,1H3,(H,26,27). The molecule has 0 aliphatic carbocycles. The van der Waals surface area contributed by atoms with Gasteiger partial charge in [-0.25, -0.2) is 4.79 Å². The molecule has 2 amide bonds. The van der Waals surface area contributed by atoms with Crippen LogP contribution in [-0.2, 0) is 19.1 Å². The molecule has 1 aromatic carbocycles. The van der Waals surface area contributed by atoms with Gasteiger partial charge in [0.15, 0.2) is 6.04 Å². The van der Waals surface area contributed by atoms with E-state index in [4.69, 9.17) is 4.74 Å². The van der Waals surface area contributed by atoms with Crippen molar-refractivity contribution in [1.29, 1.82) is 0 Å². The fraction of sp³-hybridized carbons (Fsp3) is 0.474. The Hall–Kier alpha value is -2.94. The van der Waals surface area contributed by atoms with Gasteiger partial charge >= 0.3 is 5.97 Å². The second-order valence-electron chi connectivity index (χ2n) is 6.74. The van der Waals surface area contributed by atoms with Crippen molar-refractivity contribution in [1.82, 2.24) is 9.80 Å². The fourth-order valence-electron chi connectivity index (χ4n) is 3.36. The molecule has 0 spiro atoms. The molecular weight excluding hydrogens is 364 g/mol. The average molecular weight is 388 g/mol. The fourth-order valence-corrected chi connectivity index (χ4v) is 3.36. The summed E-state index contributed by atoms with van der Waals surface area (Å²) in [7, 11) is 1.58. The molecule has 1 N–H and O–H groups in total. The Morgan fingerprint density at radius 3 is 2.68 bits per heavy atom. The minimum Gasteiger partial charge on any atom is -0.480 e. The molecule has 1 atom stereocenters. The molecule has 9 heteroatoms. The maximum absolute atomic E-state index is 12.9. The molecule has 0 saturated carbocycles. The lowest BCUT2D eigenvalue weighted by Gasteiger charge is -2.21. The van der Waals surface area contributed by atoms with E-state index in [-0.39, 0.29) is 30.5 Å². The Bertz CT molecular complexity index is 767. The number of benzene rings is 1. The van der Waals surface area contributed by atoms with Crippen molar-refractivity contribution in [3.8, 4) is 0 Å². The number of anilines is 1. The first-order valence-corrected chi connectivity index (χ1v) is 9.22. The predicted molar refractivity (Wildman–Crippen MR) is 102 cm³/mol. The van der Waals surface area contributed by atoms with Gasteiger partial charge in [0, 0.05) is 33.2 Å². The molecule has 0 bridgehead atoms. The van der Waals surface area contributed by atoms with E-state index >= 15 is 0 Å². The van der Waals surface area contributed by atoms with Gasteiger partial charge in [-0.1, -0.05) is 18.2 Å². The lowest BCUT2D eigenvalue weighted by molar-refractivity contribution is -0.138. The van der Waals surface area contributed by atoms with E-state index in [1.165, 1.54) is 9.91 Å². The number of hydrogen-bond donors (Lipinski definition) is 1. The number of hydrazone groups is 1. The molecule has 1 aromatic rings. The molecular formula is C19H24N4O5. The smallest absolute Gasteiger partial charge is 0.328 e. The minimum absolute atomic E-state index is 0.00113. The third-order valence-corrected chi connectivity index (χ3v) is 4.85. The van der Waals surface area contributed by atoms with E-state index in [1.54, 1.807) is 36.3 Å². The van der Waals surface area contributed by atoms with Gasteiger partial charge in [-0.2, -0.15) is 5.10 Å². The zero-order valence-corrected chi connectivity index (χ0v) is 15.8. The van der Waals surface area contributed by atoms with Gasteiger partial charge in [0.05, 0.1) is 12.3 Å². The van der Waals surface area contributed by atoms with Crippen LogP contribution < -0.4 is 5.01 Å². The number of carbonyl (C=O) groups excluding carboxylic acids is 2. The molecule has 9 nitrogen and oxygen atoms in total. The largest absolute Gasteiger partial charge is 0.480 e. The zero-order valence-electron chi connectivity index (χ0n) is 15.8. The zero-order chi connectivity index (χ0) is 20.1. The minimum atomic E-state index is -1.05. The number of para-hydroxylation sites is 1. The summed E-state index contributed by atoms with van der Waals surface area (Å²) in [5.41, 5.74) is 0.768. The summed E-state index contributed by atoms with van der Waals surface area (Å²) in [6.07, 6.45) is 0.653. The van der Waals surface area contributed by atoms with Crippen LogP contribution in [0.15, 0.2) is 35.4 Å².